The molecule has 1 N–H and O–H groups in total. The van der Waals surface area contributed by atoms with Crippen molar-refractivity contribution in [1.82, 2.24) is 0 Å². The van der Waals surface area contributed by atoms with Gasteiger partial charge in [-0.15, -0.1) is 0 Å². The maximum Gasteiger partial charge on any atom is 0.335 e. The summed E-state index contributed by atoms with van der Waals surface area (Å²) >= 11 is 0. The van der Waals surface area contributed by atoms with Crippen LogP contribution in [0, 0.1) is 5.92 Å². The van der Waals surface area contributed by atoms with Crippen molar-refractivity contribution in [2.75, 3.05) is 33.5 Å². The molecular formula is C9H16O5. The van der Waals surface area contributed by atoms with Crippen LogP contribution in [0.3, 0.4) is 0 Å². The highest BCUT2D eigenvalue weighted by atomic mass is 16.5. The van der Waals surface area contributed by atoms with Gasteiger partial charge in [-0.3, -0.25) is 0 Å². The van der Waals surface area contributed by atoms with Gasteiger partial charge in [0.2, 0.25) is 0 Å². The van der Waals surface area contributed by atoms with E-state index in [1.165, 1.54) is 7.11 Å². The number of hydrogen-bond acceptors (Lipinski definition) is 4. The number of carbonyl (C=O) groups is 1. The first-order valence-electron chi connectivity index (χ1n) is 4.65. The largest absolute Gasteiger partial charge is 0.479 e. The van der Waals surface area contributed by atoms with Gasteiger partial charge in [-0.1, -0.05) is 0 Å². The first-order valence-corrected chi connectivity index (χ1v) is 4.65. The Labute approximate surface area is 82.9 Å². The van der Waals surface area contributed by atoms with E-state index in [1.807, 2.05) is 0 Å². The van der Waals surface area contributed by atoms with E-state index in [2.05, 4.69) is 0 Å². The van der Waals surface area contributed by atoms with Crippen LogP contribution < -0.4 is 0 Å². The molecule has 0 spiro atoms. The summed E-state index contributed by atoms with van der Waals surface area (Å²) in [5.74, 6) is -0.653. The predicted molar refractivity (Wildman–Crippen MR) is 48.2 cm³/mol. The lowest BCUT2D eigenvalue weighted by atomic mass is 10.1. The van der Waals surface area contributed by atoms with Crippen molar-refractivity contribution in [1.29, 1.82) is 0 Å². The van der Waals surface area contributed by atoms with Gasteiger partial charge in [0.05, 0.1) is 19.8 Å². The highest BCUT2D eigenvalue weighted by Crippen LogP contribution is 2.13. The zero-order valence-electron chi connectivity index (χ0n) is 8.27. The minimum Gasteiger partial charge on any atom is -0.479 e. The van der Waals surface area contributed by atoms with E-state index in [9.17, 15) is 4.79 Å². The molecule has 82 valence electrons. The number of carboxylic acids is 1. The summed E-state index contributed by atoms with van der Waals surface area (Å²) in [5.41, 5.74) is 0. The molecule has 0 aliphatic carbocycles. The number of ether oxygens (including phenoxy) is 3. The minimum absolute atomic E-state index is 0.0862. The molecule has 2 atom stereocenters. The summed E-state index contributed by atoms with van der Waals surface area (Å²) in [5, 5.41) is 8.74. The maximum atomic E-state index is 10.7. The van der Waals surface area contributed by atoms with Crippen LogP contribution in [0.15, 0.2) is 0 Å². The zero-order valence-corrected chi connectivity index (χ0v) is 8.27. The number of carboxylic acid groups (broad SMARTS) is 1. The average Bonchev–Trinajstić information content (AvgIpc) is 2.64. The lowest BCUT2D eigenvalue weighted by Crippen LogP contribution is -2.30. The Bertz CT molecular complexity index is 176. The van der Waals surface area contributed by atoms with Crippen LogP contribution in [0.5, 0.6) is 0 Å². The van der Waals surface area contributed by atoms with Crippen LogP contribution in [0.25, 0.3) is 0 Å². The Morgan fingerprint density at radius 1 is 1.71 bits per heavy atom. The Morgan fingerprint density at radius 3 is 3.00 bits per heavy atom. The Balaban J connectivity index is 2.21. The van der Waals surface area contributed by atoms with Crippen molar-refractivity contribution in [3.8, 4) is 0 Å². The van der Waals surface area contributed by atoms with E-state index in [4.69, 9.17) is 19.3 Å². The molecule has 0 bridgehead atoms. The molecule has 1 saturated heterocycles. The molecule has 1 aliphatic heterocycles. The highest BCUT2D eigenvalue weighted by Gasteiger charge is 2.22. The van der Waals surface area contributed by atoms with E-state index in [0.29, 0.717) is 19.1 Å². The first-order chi connectivity index (χ1) is 6.74. The summed E-state index contributed by atoms with van der Waals surface area (Å²) in [6.07, 6.45) is 0.0832. The van der Waals surface area contributed by atoms with Crippen LogP contribution >= 0.6 is 0 Å². The third-order valence-electron chi connectivity index (χ3n) is 2.15. The standard InChI is InChI=1S/C9H16O5/c1-12-6-8(9(10)11)14-5-7-2-3-13-4-7/h7-8H,2-6H2,1H3,(H,10,11). The van der Waals surface area contributed by atoms with Crippen LogP contribution in [0.2, 0.25) is 0 Å². The monoisotopic (exact) mass is 204 g/mol. The van der Waals surface area contributed by atoms with Gasteiger partial charge in [-0.25, -0.2) is 4.79 Å². The third-order valence-corrected chi connectivity index (χ3v) is 2.15. The van der Waals surface area contributed by atoms with Crippen molar-refractivity contribution in [3.05, 3.63) is 0 Å². The lowest BCUT2D eigenvalue weighted by molar-refractivity contribution is -0.154. The summed E-state index contributed by atoms with van der Waals surface area (Å²) in [7, 11) is 1.46. The molecule has 1 heterocycles. The molecule has 1 rings (SSSR count). The van der Waals surface area contributed by atoms with Gasteiger partial charge >= 0.3 is 5.97 Å². The second kappa shape index (κ2) is 5.95. The molecule has 5 nitrogen and oxygen atoms in total. The molecule has 0 radical (unpaired) electrons. The average molecular weight is 204 g/mol. The molecule has 1 fully saturated rings. The van der Waals surface area contributed by atoms with Gasteiger partial charge < -0.3 is 19.3 Å². The van der Waals surface area contributed by atoms with E-state index in [1.54, 1.807) is 0 Å². The quantitative estimate of drug-likeness (QED) is 0.666. The molecule has 1 aliphatic rings. The SMILES string of the molecule is COCC(OCC1CCOC1)C(=O)O. The fourth-order valence-electron chi connectivity index (χ4n) is 1.31. The molecule has 2 unspecified atom stereocenters. The molecule has 5 heteroatoms. The molecule has 14 heavy (non-hydrogen) atoms. The topological polar surface area (TPSA) is 65.0 Å². The normalized spacial score (nSPS) is 23.6. The van der Waals surface area contributed by atoms with Crippen molar-refractivity contribution in [2.45, 2.75) is 12.5 Å². The fraction of sp³-hybridized carbons (Fsp3) is 0.889. The molecule has 0 aromatic rings. The molecule has 0 amide bonds. The molecule has 0 aromatic carbocycles. The second-order valence-electron chi connectivity index (χ2n) is 3.35. The van der Waals surface area contributed by atoms with Gasteiger partial charge in [0.1, 0.15) is 0 Å². The van der Waals surface area contributed by atoms with Gasteiger partial charge in [-0.05, 0) is 6.42 Å². The zero-order chi connectivity index (χ0) is 10.4. The number of aliphatic carboxylic acids is 1. The summed E-state index contributed by atoms with van der Waals surface area (Å²) in [6.45, 7) is 1.93. The predicted octanol–water partition coefficient (Wildman–Crippen LogP) is 0.139. The number of rotatable bonds is 6. The summed E-state index contributed by atoms with van der Waals surface area (Å²) in [4.78, 5) is 10.7. The van der Waals surface area contributed by atoms with Gasteiger partial charge in [0.25, 0.3) is 0 Å². The Kier molecular flexibility index (Phi) is 4.86. The van der Waals surface area contributed by atoms with Gasteiger partial charge in [0.15, 0.2) is 6.10 Å². The minimum atomic E-state index is -0.981. The van der Waals surface area contributed by atoms with Crippen LogP contribution in [-0.2, 0) is 19.0 Å². The summed E-state index contributed by atoms with van der Waals surface area (Å²) in [6, 6.07) is 0. The number of methoxy groups -OCH3 is 1. The third kappa shape index (κ3) is 3.61. The van der Waals surface area contributed by atoms with E-state index in [0.717, 1.165) is 13.0 Å². The van der Waals surface area contributed by atoms with Crippen molar-refractivity contribution in [2.24, 2.45) is 5.92 Å². The highest BCUT2D eigenvalue weighted by molar-refractivity contribution is 5.72. The van der Waals surface area contributed by atoms with Gasteiger partial charge in [0, 0.05) is 19.6 Å². The molecule has 0 aromatic heterocycles. The van der Waals surface area contributed by atoms with E-state index < -0.39 is 12.1 Å². The molecule has 0 saturated carbocycles. The van der Waals surface area contributed by atoms with Crippen LogP contribution in [0.1, 0.15) is 6.42 Å². The second-order valence-corrected chi connectivity index (χ2v) is 3.35. The Morgan fingerprint density at radius 2 is 2.50 bits per heavy atom. The number of hydrogen-bond donors (Lipinski definition) is 1. The van der Waals surface area contributed by atoms with E-state index in [-0.39, 0.29) is 6.61 Å². The smallest absolute Gasteiger partial charge is 0.335 e. The summed E-state index contributed by atoms with van der Waals surface area (Å²) < 4.78 is 15.1. The van der Waals surface area contributed by atoms with Crippen molar-refractivity contribution < 1.29 is 24.1 Å². The van der Waals surface area contributed by atoms with Crippen LogP contribution in [-0.4, -0.2) is 50.7 Å². The van der Waals surface area contributed by atoms with Crippen molar-refractivity contribution >= 4 is 5.97 Å². The fourth-order valence-corrected chi connectivity index (χ4v) is 1.31. The van der Waals surface area contributed by atoms with Crippen molar-refractivity contribution in [3.63, 3.8) is 0 Å². The lowest BCUT2D eigenvalue weighted by Gasteiger charge is -2.14. The van der Waals surface area contributed by atoms with E-state index >= 15 is 0 Å². The Hall–Kier alpha value is -0.650. The van der Waals surface area contributed by atoms with Gasteiger partial charge in [-0.2, -0.15) is 0 Å². The van der Waals surface area contributed by atoms with Crippen LogP contribution in [0.4, 0.5) is 0 Å². The maximum absolute atomic E-state index is 10.7. The first kappa shape index (κ1) is 11.4. The molecular weight excluding hydrogens is 188 g/mol.